The molecule has 5 N–H and O–H groups in total. The number of carbonyl (C=O) groups excluding carboxylic acids is 3. The van der Waals surface area contributed by atoms with E-state index in [0.29, 0.717) is 25.1 Å². The SMILES string of the molecule is CC(C)[C@H](NC(=O)C(C)(C)C=Cc1ccc2ccc([C@@H](C)O)nc2c1)C(=O)N[C@@H](C)C(=O)N1CCC[C@@H](C(=O)O)N1. The minimum Gasteiger partial charge on any atom is -0.480 e. The van der Waals surface area contributed by atoms with Gasteiger partial charge in [-0.25, -0.2) is 5.43 Å². The zero-order valence-corrected chi connectivity index (χ0v) is 24.5. The van der Waals surface area contributed by atoms with E-state index in [2.05, 4.69) is 21.0 Å². The number of nitrogens with zero attached hydrogens (tertiary/aromatic N) is 2. The number of carbonyl (C=O) groups is 4. The number of aliphatic hydroxyl groups is 1. The number of hydrogen-bond acceptors (Lipinski definition) is 7. The van der Waals surface area contributed by atoms with Crippen LogP contribution < -0.4 is 16.1 Å². The van der Waals surface area contributed by atoms with Crippen molar-refractivity contribution in [3.05, 3.63) is 47.7 Å². The molecule has 4 atom stereocenters. The molecular weight excluding hydrogens is 526 g/mol. The number of hydrazine groups is 1. The fourth-order valence-corrected chi connectivity index (χ4v) is 4.45. The number of pyridine rings is 1. The molecule has 3 rings (SSSR count). The maximum atomic E-state index is 13.3. The molecule has 1 aromatic carbocycles. The Bertz CT molecular complexity index is 1320. The molecule has 11 heteroatoms. The summed E-state index contributed by atoms with van der Waals surface area (Å²) in [6.07, 6.45) is 3.83. The van der Waals surface area contributed by atoms with E-state index >= 15 is 0 Å². The van der Waals surface area contributed by atoms with Gasteiger partial charge in [-0.05, 0) is 64.2 Å². The molecule has 1 aliphatic rings. The number of aliphatic carboxylic acids is 1. The fourth-order valence-electron chi connectivity index (χ4n) is 4.45. The highest BCUT2D eigenvalue weighted by Crippen LogP contribution is 2.23. The minimum atomic E-state index is -1.04. The number of hydrogen-bond donors (Lipinski definition) is 5. The highest BCUT2D eigenvalue weighted by molar-refractivity contribution is 5.94. The molecule has 1 fully saturated rings. The van der Waals surface area contributed by atoms with Crippen LogP contribution in [0.4, 0.5) is 0 Å². The maximum absolute atomic E-state index is 13.3. The van der Waals surface area contributed by atoms with Crippen LogP contribution in [0.3, 0.4) is 0 Å². The van der Waals surface area contributed by atoms with Crippen molar-refractivity contribution in [3.63, 3.8) is 0 Å². The van der Waals surface area contributed by atoms with Crippen LogP contribution in [-0.2, 0) is 19.2 Å². The van der Waals surface area contributed by atoms with E-state index in [1.165, 1.54) is 11.9 Å². The summed E-state index contributed by atoms with van der Waals surface area (Å²) < 4.78 is 0. The van der Waals surface area contributed by atoms with E-state index in [1.807, 2.05) is 30.3 Å². The fraction of sp³-hybridized carbons (Fsp3) is 0.500. The number of benzene rings is 1. The Kier molecular flexibility index (Phi) is 10.2. The van der Waals surface area contributed by atoms with Gasteiger partial charge in [-0.2, -0.15) is 0 Å². The first-order valence-corrected chi connectivity index (χ1v) is 13.9. The Labute approximate surface area is 240 Å². The number of rotatable bonds is 10. The summed E-state index contributed by atoms with van der Waals surface area (Å²) in [5, 5.41) is 26.8. The van der Waals surface area contributed by atoms with Gasteiger partial charge in [0.1, 0.15) is 18.1 Å². The smallest absolute Gasteiger partial charge is 0.322 e. The molecule has 2 aromatic rings. The summed E-state index contributed by atoms with van der Waals surface area (Å²) in [6.45, 7) is 10.6. The summed E-state index contributed by atoms with van der Waals surface area (Å²) in [4.78, 5) is 55.1. The number of aliphatic hydroxyl groups excluding tert-OH is 1. The summed E-state index contributed by atoms with van der Waals surface area (Å²) >= 11 is 0. The first-order valence-electron chi connectivity index (χ1n) is 13.9. The van der Waals surface area contributed by atoms with Crippen molar-refractivity contribution in [3.8, 4) is 0 Å². The van der Waals surface area contributed by atoms with Crippen molar-refractivity contribution in [2.45, 2.75) is 78.6 Å². The number of amides is 3. The molecule has 1 aliphatic heterocycles. The Morgan fingerprint density at radius 2 is 1.78 bits per heavy atom. The van der Waals surface area contributed by atoms with Gasteiger partial charge in [0.2, 0.25) is 11.8 Å². The molecule has 0 aliphatic carbocycles. The zero-order chi connectivity index (χ0) is 30.5. The average Bonchev–Trinajstić information content (AvgIpc) is 2.93. The number of fused-ring (bicyclic) bond motifs is 1. The third-order valence-corrected chi connectivity index (χ3v) is 7.16. The monoisotopic (exact) mass is 567 g/mol. The van der Waals surface area contributed by atoms with E-state index in [0.717, 1.165) is 16.5 Å². The Balaban J connectivity index is 1.66. The number of nitrogens with one attached hydrogen (secondary N) is 3. The molecule has 0 bridgehead atoms. The molecule has 3 amide bonds. The number of carboxylic acids is 1. The second kappa shape index (κ2) is 13.2. The molecule has 0 radical (unpaired) electrons. The predicted octanol–water partition coefficient (Wildman–Crippen LogP) is 2.55. The molecule has 41 heavy (non-hydrogen) atoms. The van der Waals surface area contributed by atoms with Gasteiger partial charge in [0, 0.05) is 11.9 Å². The highest BCUT2D eigenvalue weighted by Gasteiger charge is 2.34. The van der Waals surface area contributed by atoms with Crippen LogP contribution in [0.25, 0.3) is 17.0 Å². The van der Waals surface area contributed by atoms with Crippen molar-refractivity contribution < 1.29 is 29.4 Å². The van der Waals surface area contributed by atoms with Crippen molar-refractivity contribution in [1.82, 2.24) is 26.1 Å². The Hall–Kier alpha value is -3.83. The van der Waals surface area contributed by atoms with Gasteiger partial charge in [-0.1, -0.05) is 44.2 Å². The molecule has 1 aromatic heterocycles. The Morgan fingerprint density at radius 1 is 1.10 bits per heavy atom. The Morgan fingerprint density at radius 3 is 2.41 bits per heavy atom. The van der Waals surface area contributed by atoms with Gasteiger partial charge >= 0.3 is 5.97 Å². The van der Waals surface area contributed by atoms with E-state index in [9.17, 15) is 29.4 Å². The van der Waals surface area contributed by atoms with Crippen molar-refractivity contribution in [1.29, 1.82) is 0 Å². The zero-order valence-electron chi connectivity index (χ0n) is 24.5. The summed E-state index contributed by atoms with van der Waals surface area (Å²) in [5.74, 6) is -2.62. The second-order valence-electron chi connectivity index (χ2n) is 11.5. The lowest BCUT2D eigenvalue weighted by molar-refractivity contribution is -0.148. The molecule has 2 heterocycles. The average molecular weight is 568 g/mol. The van der Waals surface area contributed by atoms with Crippen LogP contribution in [0.2, 0.25) is 0 Å². The molecule has 11 nitrogen and oxygen atoms in total. The van der Waals surface area contributed by atoms with Crippen molar-refractivity contribution in [2.75, 3.05) is 6.54 Å². The van der Waals surface area contributed by atoms with E-state index in [4.69, 9.17) is 0 Å². The van der Waals surface area contributed by atoms with Gasteiger partial charge in [-0.15, -0.1) is 0 Å². The van der Waals surface area contributed by atoms with Crippen LogP contribution in [0, 0.1) is 11.3 Å². The van der Waals surface area contributed by atoms with Crippen LogP contribution in [0.5, 0.6) is 0 Å². The van der Waals surface area contributed by atoms with Crippen LogP contribution in [0.1, 0.15) is 71.7 Å². The summed E-state index contributed by atoms with van der Waals surface area (Å²) in [6, 6.07) is 6.72. The molecule has 0 unspecified atom stereocenters. The summed E-state index contributed by atoms with van der Waals surface area (Å²) in [5.41, 5.74) is 3.86. The van der Waals surface area contributed by atoms with Crippen LogP contribution in [0.15, 0.2) is 36.4 Å². The summed E-state index contributed by atoms with van der Waals surface area (Å²) in [7, 11) is 0. The van der Waals surface area contributed by atoms with Gasteiger partial charge in [-0.3, -0.25) is 29.2 Å². The van der Waals surface area contributed by atoms with Gasteiger partial charge < -0.3 is 20.8 Å². The standard InChI is InChI=1S/C30H41N5O6/c1-17(2)25(26(37)31-18(3)27(38)35-15-7-8-23(34-35)28(39)40)33-29(41)30(5,6)14-13-20-9-10-21-11-12-22(19(4)36)32-24(21)16-20/h9-14,16-19,23,25,34,36H,7-8,15H2,1-6H3,(H,31,37)(H,33,41)(H,39,40)/t18-,19+,23-,25-/m0/s1. The van der Waals surface area contributed by atoms with Gasteiger partial charge in [0.05, 0.1) is 22.7 Å². The van der Waals surface area contributed by atoms with Crippen molar-refractivity contribution in [2.24, 2.45) is 11.3 Å². The molecule has 1 saturated heterocycles. The lowest BCUT2D eigenvalue weighted by Crippen LogP contribution is -2.61. The molecule has 0 saturated carbocycles. The lowest BCUT2D eigenvalue weighted by Gasteiger charge is -2.34. The first kappa shape index (κ1) is 31.7. The van der Waals surface area contributed by atoms with Crippen LogP contribution in [-0.4, -0.2) is 68.6 Å². The third-order valence-electron chi connectivity index (χ3n) is 7.16. The van der Waals surface area contributed by atoms with Crippen molar-refractivity contribution >= 4 is 40.7 Å². The predicted molar refractivity (Wildman–Crippen MR) is 155 cm³/mol. The highest BCUT2D eigenvalue weighted by atomic mass is 16.4. The van der Waals surface area contributed by atoms with Gasteiger partial charge in [0.15, 0.2) is 0 Å². The maximum Gasteiger partial charge on any atom is 0.322 e. The lowest BCUT2D eigenvalue weighted by atomic mass is 9.89. The number of aromatic nitrogens is 1. The van der Waals surface area contributed by atoms with E-state index < -0.39 is 47.4 Å². The number of carboxylic acid groups (broad SMARTS) is 1. The minimum absolute atomic E-state index is 0.264. The topological polar surface area (TPSA) is 161 Å². The second-order valence-corrected chi connectivity index (χ2v) is 11.5. The van der Waals surface area contributed by atoms with Crippen LogP contribution >= 0.6 is 0 Å². The molecule has 0 spiro atoms. The van der Waals surface area contributed by atoms with Gasteiger partial charge in [0.25, 0.3) is 5.91 Å². The largest absolute Gasteiger partial charge is 0.480 e. The normalized spacial score (nSPS) is 18.2. The molecular formula is C30H41N5O6. The third kappa shape index (κ3) is 8.11. The molecule has 222 valence electrons. The van der Waals surface area contributed by atoms with E-state index in [-0.39, 0.29) is 11.8 Å². The first-order chi connectivity index (χ1) is 19.2. The van der Waals surface area contributed by atoms with E-state index in [1.54, 1.807) is 46.8 Å². The quantitative estimate of drug-likeness (QED) is 0.293.